The Balaban J connectivity index is 2.06. The first-order valence-corrected chi connectivity index (χ1v) is 6.96. The van der Waals surface area contributed by atoms with Crippen LogP contribution in [0.15, 0.2) is 18.2 Å². The number of benzene rings is 1. The molecule has 0 radical (unpaired) electrons. The number of amides is 1. The highest BCUT2D eigenvalue weighted by Crippen LogP contribution is 2.33. The molecule has 120 valence electrons. The fraction of sp³-hybridized carbons (Fsp3) is 0.500. The molecule has 1 fully saturated rings. The third kappa shape index (κ3) is 3.44. The Morgan fingerprint density at radius 1 is 1.41 bits per heavy atom. The molecule has 1 aliphatic heterocycles. The van der Waals surface area contributed by atoms with Crippen LogP contribution < -0.4 is 4.90 Å². The lowest BCUT2D eigenvalue weighted by molar-refractivity contribution is -0.384. The molecule has 1 aromatic rings. The predicted molar refractivity (Wildman–Crippen MR) is 78.5 cm³/mol. The van der Waals surface area contributed by atoms with E-state index in [-0.39, 0.29) is 17.5 Å². The first-order chi connectivity index (χ1) is 10.4. The monoisotopic (exact) mass is 311 g/mol. The van der Waals surface area contributed by atoms with Gasteiger partial charge in [-0.3, -0.25) is 10.1 Å². The molecule has 1 aromatic carbocycles. The maximum Gasteiger partial charge on any atom is 0.409 e. The van der Waals surface area contributed by atoms with Crippen LogP contribution in [0.1, 0.15) is 12.8 Å². The molecule has 0 aromatic heterocycles. The summed E-state index contributed by atoms with van der Waals surface area (Å²) in [5.74, 6) is -0.613. The lowest BCUT2D eigenvalue weighted by Gasteiger charge is -2.33. The first kappa shape index (κ1) is 16.0. The molecule has 0 atom stereocenters. The van der Waals surface area contributed by atoms with Crippen molar-refractivity contribution in [2.75, 3.05) is 32.1 Å². The number of para-hydroxylation sites is 1. The second kappa shape index (κ2) is 6.59. The van der Waals surface area contributed by atoms with Gasteiger partial charge < -0.3 is 14.5 Å². The van der Waals surface area contributed by atoms with Crippen LogP contribution in [0.5, 0.6) is 0 Å². The number of nitrogens with zero attached hydrogens (tertiary/aromatic N) is 3. The fourth-order valence-electron chi connectivity index (χ4n) is 2.41. The molecule has 1 amide bonds. The molecular formula is C14H18FN3O4. The molecule has 0 bridgehead atoms. The number of anilines is 1. The molecular weight excluding hydrogens is 293 g/mol. The zero-order valence-electron chi connectivity index (χ0n) is 12.5. The molecule has 1 saturated heterocycles. The van der Waals surface area contributed by atoms with Gasteiger partial charge in [-0.2, -0.15) is 0 Å². The Bertz CT molecular complexity index is 571. The zero-order chi connectivity index (χ0) is 16.3. The number of hydrogen-bond acceptors (Lipinski definition) is 5. The van der Waals surface area contributed by atoms with Gasteiger partial charge in [-0.05, 0) is 6.07 Å². The molecule has 2 rings (SSSR count). The zero-order valence-corrected chi connectivity index (χ0v) is 12.5. The molecule has 0 saturated carbocycles. The number of carbonyl (C=O) groups excluding carboxylic acids is 1. The van der Waals surface area contributed by atoms with E-state index in [1.54, 1.807) is 19.0 Å². The maximum atomic E-state index is 14.0. The van der Waals surface area contributed by atoms with Crippen LogP contribution in [0.25, 0.3) is 0 Å². The van der Waals surface area contributed by atoms with Gasteiger partial charge in [0.05, 0.1) is 4.92 Å². The van der Waals surface area contributed by atoms with Crippen LogP contribution in [0.4, 0.5) is 20.6 Å². The molecule has 1 heterocycles. The van der Waals surface area contributed by atoms with E-state index in [1.807, 2.05) is 0 Å². The number of carbonyl (C=O) groups is 1. The fourth-order valence-corrected chi connectivity index (χ4v) is 2.41. The van der Waals surface area contributed by atoms with Crippen LogP contribution in [0, 0.1) is 15.9 Å². The van der Waals surface area contributed by atoms with Gasteiger partial charge in [-0.1, -0.05) is 6.07 Å². The molecule has 0 N–H and O–H groups in total. The Kier molecular flexibility index (Phi) is 4.79. The van der Waals surface area contributed by atoms with Crippen molar-refractivity contribution in [2.45, 2.75) is 18.9 Å². The normalized spacial score (nSPS) is 15.5. The van der Waals surface area contributed by atoms with Gasteiger partial charge in [0.1, 0.15) is 6.10 Å². The number of halogens is 1. The maximum absolute atomic E-state index is 14.0. The van der Waals surface area contributed by atoms with Crippen molar-refractivity contribution in [3.63, 3.8) is 0 Å². The number of piperidine rings is 1. The topological polar surface area (TPSA) is 75.9 Å². The van der Waals surface area contributed by atoms with E-state index in [0.717, 1.165) is 0 Å². The molecule has 0 unspecified atom stereocenters. The Morgan fingerprint density at radius 3 is 2.59 bits per heavy atom. The van der Waals surface area contributed by atoms with E-state index in [2.05, 4.69) is 0 Å². The smallest absolute Gasteiger partial charge is 0.409 e. The minimum absolute atomic E-state index is 0.00452. The second-order valence-electron chi connectivity index (χ2n) is 5.33. The summed E-state index contributed by atoms with van der Waals surface area (Å²) in [5.41, 5.74) is -0.242. The average Bonchev–Trinajstić information content (AvgIpc) is 2.47. The lowest BCUT2D eigenvalue weighted by atomic mass is 10.1. The van der Waals surface area contributed by atoms with E-state index in [4.69, 9.17) is 4.74 Å². The highest BCUT2D eigenvalue weighted by molar-refractivity contribution is 5.67. The largest absolute Gasteiger partial charge is 0.446 e. The average molecular weight is 311 g/mol. The Labute approximate surface area is 127 Å². The van der Waals surface area contributed by atoms with Gasteiger partial charge in [0, 0.05) is 46.1 Å². The van der Waals surface area contributed by atoms with Gasteiger partial charge in [0.2, 0.25) is 0 Å². The quantitative estimate of drug-likeness (QED) is 0.633. The van der Waals surface area contributed by atoms with Crippen LogP contribution in [-0.2, 0) is 4.74 Å². The molecule has 0 spiro atoms. The van der Waals surface area contributed by atoms with Crippen LogP contribution >= 0.6 is 0 Å². The minimum Gasteiger partial charge on any atom is -0.446 e. The van der Waals surface area contributed by atoms with E-state index >= 15 is 0 Å². The number of hydrogen-bond donors (Lipinski definition) is 0. The van der Waals surface area contributed by atoms with Gasteiger partial charge in [0.25, 0.3) is 5.69 Å². The number of nitro groups is 1. The van der Waals surface area contributed by atoms with E-state index in [0.29, 0.717) is 25.9 Å². The standard InChI is InChI=1S/C14H18FN3O4/c1-16(2)14(19)22-10-6-8-17(9-7-10)13-11(15)4-3-5-12(13)18(20)21/h3-5,10H,6-9H2,1-2H3. The minimum atomic E-state index is -0.613. The van der Waals surface area contributed by atoms with Gasteiger partial charge in [0.15, 0.2) is 11.5 Å². The summed E-state index contributed by atoms with van der Waals surface area (Å²) in [6, 6.07) is 3.82. The number of ether oxygens (including phenoxy) is 1. The van der Waals surface area contributed by atoms with Crippen LogP contribution in [0.3, 0.4) is 0 Å². The summed E-state index contributed by atoms with van der Waals surface area (Å²) in [4.78, 5) is 24.9. The van der Waals surface area contributed by atoms with Gasteiger partial charge >= 0.3 is 6.09 Å². The molecule has 8 heteroatoms. The third-order valence-corrected chi connectivity index (χ3v) is 3.55. The summed E-state index contributed by atoms with van der Waals surface area (Å²) in [6.45, 7) is 0.792. The highest BCUT2D eigenvalue weighted by Gasteiger charge is 2.29. The van der Waals surface area contributed by atoms with Crippen molar-refractivity contribution in [3.05, 3.63) is 34.1 Å². The molecule has 0 aliphatic carbocycles. The second-order valence-corrected chi connectivity index (χ2v) is 5.33. The van der Waals surface area contributed by atoms with Crippen molar-refractivity contribution in [1.82, 2.24) is 4.90 Å². The SMILES string of the molecule is CN(C)C(=O)OC1CCN(c2c(F)cccc2[N+](=O)[O-])CC1. The van der Waals surface area contributed by atoms with Crippen LogP contribution in [-0.4, -0.2) is 49.2 Å². The van der Waals surface area contributed by atoms with E-state index in [9.17, 15) is 19.3 Å². The van der Waals surface area contributed by atoms with Crippen molar-refractivity contribution in [1.29, 1.82) is 0 Å². The lowest BCUT2D eigenvalue weighted by Crippen LogP contribution is -2.40. The summed E-state index contributed by atoms with van der Waals surface area (Å²) >= 11 is 0. The Hall–Kier alpha value is -2.38. The Morgan fingerprint density at radius 2 is 2.05 bits per heavy atom. The summed E-state index contributed by atoms with van der Waals surface area (Å²) in [7, 11) is 3.19. The predicted octanol–water partition coefficient (Wildman–Crippen LogP) is 2.40. The third-order valence-electron chi connectivity index (χ3n) is 3.55. The summed E-state index contributed by atoms with van der Waals surface area (Å²) < 4.78 is 19.2. The number of nitro benzene ring substituents is 1. The van der Waals surface area contributed by atoms with E-state index < -0.39 is 16.8 Å². The van der Waals surface area contributed by atoms with Gasteiger partial charge in [-0.25, -0.2) is 9.18 Å². The summed E-state index contributed by atoms with van der Waals surface area (Å²) in [5, 5.41) is 11.0. The van der Waals surface area contributed by atoms with Crippen molar-refractivity contribution < 1.29 is 18.8 Å². The summed E-state index contributed by atoms with van der Waals surface area (Å²) in [6.07, 6.45) is 0.336. The molecule has 1 aliphatic rings. The highest BCUT2D eigenvalue weighted by atomic mass is 19.1. The van der Waals surface area contributed by atoms with E-state index in [1.165, 1.54) is 23.1 Å². The van der Waals surface area contributed by atoms with Crippen molar-refractivity contribution >= 4 is 17.5 Å². The van der Waals surface area contributed by atoms with Crippen molar-refractivity contribution in [3.8, 4) is 0 Å². The van der Waals surface area contributed by atoms with Crippen LogP contribution in [0.2, 0.25) is 0 Å². The van der Waals surface area contributed by atoms with Gasteiger partial charge in [-0.15, -0.1) is 0 Å². The first-order valence-electron chi connectivity index (χ1n) is 6.96. The molecule has 22 heavy (non-hydrogen) atoms. The number of rotatable bonds is 3. The molecule has 7 nitrogen and oxygen atoms in total. The van der Waals surface area contributed by atoms with Crippen molar-refractivity contribution in [2.24, 2.45) is 0 Å².